The third-order valence-corrected chi connectivity index (χ3v) is 5.00. The summed E-state index contributed by atoms with van der Waals surface area (Å²) in [7, 11) is 0. The Kier molecular flexibility index (Phi) is 5.26. The number of benzene rings is 1. The molecule has 12 heteroatoms. The van der Waals surface area contributed by atoms with Crippen LogP contribution in [0.2, 0.25) is 0 Å². The van der Waals surface area contributed by atoms with E-state index in [0.29, 0.717) is 31.9 Å². The van der Waals surface area contributed by atoms with Gasteiger partial charge in [-0.25, -0.2) is 9.18 Å². The Hall–Kier alpha value is -2.89. The normalized spacial score (nSPS) is 16.7. The highest BCUT2D eigenvalue weighted by Gasteiger charge is 2.31. The van der Waals surface area contributed by atoms with E-state index in [1.54, 1.807) is 0 Å². The number of nitrogens with zero attached hydrogens (tertiary/aromatic N) is 3. The van der Waals surface area contributed by atoms with Crippen molar-refractivity contribution >= 4 is 5.91 Å². The summed E-state index contributed by atoms with van der Waals surface area (Å²) >= 11 is 0. The summed E-state index contributed by atoms with van der Waals surface area (Å²) in [5.41, 5.74) is -1.35. The van der Waals surface area contributed by atoms with Crippen molar-refractivity contribution in [1.82, 2.24) is 25.0 Å². The fraction of sp³-hybridized carbons (Fsp3) is 0.500. The molecule has 30 heavy (non-hydrogen) atoms. The Morgan fingerprint density at radius 3 is 2.70 bits per heavy atom. The van der Waals surface area contributed by atoms with Crippen LogP contribution in [0.15, 0.2) is 16.9 Å². The molecule has 0 aliphatic carbocycles. The van der Waals surface area contributed by atoms with Crippen molar-refractivity contribution in [2.24, 2.45) is 0 Å². The van der Waals surface area contributed by atoms with Gasteiger partial charge in [0.05, 0.1) is 11.6 Å². The number of hydrogen-bond acceptors (Lipinski definition) is 5. The van der Waals surface area contributed by atoms with Crippen LogP contribution in [0.3, 0.4) is 0 Å². The van der Waals surface area contributed by atoms with Gasteiger partial charge in [-0.05, 0) is 18.9 Å². The molecule has 1 amide bonds. The Bertz CT molecular complexity index is 1030. The zero-order chi connectivity index (χ0) is 21.5. The molecule has 1 fully saturated rings. The van der Waals surface area contributed by atoms with Crippen LogP contribution in [-0.4, -0.2) is 52.2 Å². The third-order valence-electron chi connectivity index (χ3n) is 5.00. The predicted octanol–water partition coefficient (Wildman–Crippen LogP) is 1.15. The zero-order valence-electron chi connectivity index (χ0n) is 15.8. The number of fused-ring (bicyclic) bond motifs is 1. The number of amides is 1. The summed E-state index contributed by atoms with van der Waals surface area (Å²) < 4.78 is 59.9. The first-order valence-electron chi connectivity index (χ1n) is 9.47. The highest BCUT2D eigenvalue weighted by Crippen LogP contribution is 2.28. The molecule has 1 aromatic heterocycles. The fourth-order valence-corrected chi connectivity index (χ4v) is 3.37. The quantitative estimate of drug-likeness (QED) is 0.697. The molecule has 2 aliphatic heterocycles. The smallest absolute Gasteiger partial charge is 0.422 e. The molecule has 2 aromatic rings. The second-order valence-electron chi connectivity index (χ2n) is 7.25. The number of hydrogen-bond donors (Lipinski definition) is 2. The highest BCUT2D eigenvalue weighted by molar-refractivity contribution is 5.97. The number of halogens is 4. The van der Waals surface area contributed by atoms with E-state index in [2.05, 4.69) is 15.7 Å². The number of carbonyl (C=O) groups excluding carboxylic acids is 1. The van der Waals surface area contributed by atoms with Crippen LogP contribution in [0.25, 0.3) is 5.69 Å². The third kappa shape index (κ3) is 4.04. The largest absolute Gasteiger partial charge is 0.483 e. The molecule has 162 valence electrons. The van der Waals surface area contributed by atoms with E-state index < -0.39 is 35.9 Å². The molecule has 8 nitrogen and oxygen atoms in total. The van der Waals surface area contributed by atoms with Crippen LogP contribution >= 0.6 is 0 Å². The van der Waals surface area contributed by atoms with Gasteiger partial charge in [-0.2, -0.15) is 17.9 Å². The van der Waals surface area contributed by atoms with Crippen molar-refractivity contribution in [3.63, 3.8) is 0 Å². The molecule has 0 radical (unpaired) electrons. The summed E-state index contributed by atoms with van der Waals surface area (Å²) in [6, 6.07) is 1.47. The molecule has 0 atom stereocenters. The molecular weight excluding hydrogens is 410 g/mol. The monoisotopic (exact) mass is 429 g/mol. The van der Waals surface area contributed by atoms with Gasteiger partial charge in [0.25, 0.3) is 5.91 Å². The van der Waals surface area contributed by atoms with Crippen LogP contribution in [-0.2, 0) is 13.0 Å². The fourth-order valence-electron chi connectivity index (χ4n) is 3.37. The maximum Gasteiger partial charge on any atom is 0.422 e. The Balaban J connectivity index is 1.73. The molecular formula is C18H19F4N5O3. The highest BCUT2D eigenvalue weighted by atomic mass is 19.4. The second-order valence-corrected chi connectivity index (χ2v) is 7.25. The van der Waals surface area contributed by atoms with Gasteiger partial charge in [-0.15, -0.1) is 5.10 Å². The molecule has 1 saturated heterocycles. The van der Waals surface area contributed by atoms with Crippen molar-refractivity contribution < 1.29 is 27.1 Å². The number of aromatic nitrogens is 3. The Morgan fingerprint density at radius 1 is 1.30 bits per heavy atom. The van der Waals surface area contributed by atoms with E-state index in [1.165, 1.54) is 4.57 Å². The zero-order valence-corrected chi connectivity index (χ0v) is 15.8. The van der Waals surface area contributed by atoms with Gasteiger partial charge in [-0.1, -0.05) is 0 Å². The van der Waals surface area contributed by atoms with Gasteiger partial charge in [0, 0.05) is 32.1 Å². The van der Waals surface area contributed by atoms with Crippen molar-refractivity contribution in [3.8, 4) is 11.4 Å². The summed E-state index contributed by atoms with van der Waals surface area (Å²) in [6.45, 7) is -0.234. The first-order chi connectivity index (χ1) is 14.2. The van der Waals surface area contributed by atoms with Crippen molar-refractivity contribution in [2.75, 3.05) is 19.7 Å². The lowest BCUT2D eigenvalue weighted by Gasteiger charge is -2.28. The average Bonchev–Trinajstić information content (AvgIpc) is 2.99. The number of aryl methyl sites for hydroxylation is 1. The minimum Gasteiger partial charge on any atom is -0.483 e. The average molecular weight is 429 g/mol. The maximum atomic E-state index is 14.8. The lowest BCUT2D eigenvalue weighted by atomic mass is 10.1. The molecule has 0 saturated carbocycles. The number of nitrogens with one attached hydrogen (secondary N) is 2. The standard InChI is InChI=1S/C18H19F4N5O3/c19-12-5-11(16(28)24-10-7-23-8-10)14(30-9-18(20,21)22)6-13(12)27-17(29)26-4-2-1-3-15(26)25-27/h5-6,10,23H,1-4,7-9H2,(H,24,28). The van der Waals surface area contributed by atoms with Gasteiger partial charge in [-0.3, -0.25) is 9.36 Å². The SMILES string of the molecule is O=C(NC1CNC1)c1cc(F)c(-n2nc3n(c2=O)CCCC3)cc1OCC(F)(F)F. The molecule has 2 N–H and O–H groups in total. The molecule has 3 heterocycles. The minimum absolute atomic E-state index is 0.210. The summed E-state index contributed by atoms with van der Waals surface area (Å²) in [4.78, 5) is 25.1. The lowest BCUT2D eigenvalue weighted by molar-refractivity contribution is -0.153. The molecule has 4 rings (SSSR count). The van der Waals surface area contributed by atoms with Crippen LogP contribution in [0.5, 0.6) is 5.75 Å². The summed E-state index contributed by atoms with van der Waals surface area (Å²) in [5.74, 6) is -1.74. The van der Waals surface area contributed by atoms with Crippen LogP contribution in [0.4, 0.5) is 17.6 Å². The van der Waals surface area contributed by atoms with E-state index in [0.717, 1.165) is 29.7 Å². The molecule has 0 bridgehead atoms. The lowest BCUT2D eigenvalue weighted by Crippen LogP contribution is -2.57. The van der Waals surface area contributed by atoms with Gasteiger partial charge >= 0.3 is 11.9 Å². The predicted molar refractivity (Wildman–Crippen MR) is 96.4 cm³/mol. The van der Waals surface area contributed by atoms with E-state index in [9.17, 15) is 27.2 Å². The molecule has 0 spiro atoms. The molecule has 0 unspecified atom stereocenters. The van der Waals surface area contributed by atoms with Gasteiger partial charge in [0.1, 0.15) is 23.1 Å². The molecule has 1 aromatic carbocycles. The molecule has 2 aliphatic rings. The summed E-state index contributed by atoms with van der Waals surface area (Å²) in [5, 5.41) is 9.64. The van der Waals surface area contributed by atoms with Crippen molar-refractivity contribution in [1.29, 1.82) is 0 Å². The first-order valence-corrected chi connectivity index (χ1v) is 9.47. The number of ether oxygens (including phenoxy) is 1. The first kappa shape index (κ1) is 20.4. The second kappa shape index (κ2) is 7.74. The Morgan fingerprint density at radius 2 is 2.07 bits per heavy atom. The number of carbonyl (C=O) groups is 1. The minimum atomic E-state index is -4.66. The van der Waals surface area contributed by atoms with Crippen LogP contribution < -0.4 is 21.1 Å². The van der Waals surface area contributed by atoms with E-state index in [4.69, 9.17) is 4.74 Å². The van der Waals surface area contributed by atoms with Gasteiger partial charge in [0.2, 0.25) is 0 Å². The summed E-state index contributed by atoms with van der Waals surface area (Å²) in [6.07, 6.45) is -2.52. The number of rotatable bonds is 5. The van der Waals surface area contributed by atoms with Crippen molar-refractivity contribution in [3.05, 3.63) is 39.8 Å². The van der Waals surface area contributed by atoms with Crippen LogP contribution in [0.1, 0.15) is 29.0 Å². The number of alkyl halides is 3. The van der Waals surface area contributed by atoms with E-state index in [-0.39, 0.29) is 17.3 Å². The van der Waals surface area contributed by atoms with Gasteiger partial charge in [0.15, 0.2) is 6.61 Å². The van der Waals surface area contributed by atoms with Crippen molar-refractivity contribution in [2.45, 2.75) is 38.0 Å². The Labute approximate surface area is 167 Å². The maximum absolute atomic E-state index is 14.8. The van der Waals surface area contributed by atoms with E-state index >= 15 is 0 Å². The van der Waals surface area contributed by atoms with E-state index in [1.807, 2.05) is 0 Å². The topological polar surface area (TPSA) is 90.2 Å². The van der Waals surface area contributed by atoms with Gasteiger partial charge < -0.3 is 15.4 Å². The van der Waals surface area contributed by atoms with Crippen LogP contribution in [0, 0.1) is 5.82 Å².